The fourth-order valence-corrected chi connectivity index (χ4v) is 6.21. The van der Waals surface area contributed by atoms with Crippen molar-refractivity contribution in [1.29, 1.82) is 0 Å². The molecule has 0 aliphatic rings. The van der Waals surface area contributed by atoms with Crippen molar-refractivity contribution in [2.75, 3.05) is 7.05 Å². The number of aromatic nitrogens is 1. The second-order valence-corrected chi connectivity index (χ2v) is 14.7. The topological polar surface area (TPSA) is 302 Å². The summed E-state index contributed by atoms with van der Waals surface area (Å²) in [6.45, 7) is 10.2. The van der Waals surface area contributed by atoms with Gasteiger partial charge in [0, 0.05) is 43.9 Å². The first-order valence-electron chi connectivity index (χ1n) is 18.8. The summed E-state index contributed by atoms with van der Waals surface area (Å²) < 4.78 is 0. The highest BCUT2D eigenvalue weighted by Gasteiger charge is 2.40. The molecule has 19 heteroatoms. The van der Waals surface area contributed by atoms with Gasteiger partial charge in [-0.15, -0.1) is 0 Å². The van der Waals surface area contributed by atoms with Crippen LogP contribution in [-0.4, -0.2) is 128 Å². The molecule has 1 aromatic heterocycles. The van der Waals surface area contributed by atoms with Crippen LogP contribution in [0.5, 0.6) is 0 Å². The Hall–Kier alpha value is -5.56. The zero-order valence-corrected chi connectivity index (χ0v) is 33.6. The number of aliphatic hydroxyl groups excluding tert-OH is 2. The van der Waals surface area contributed by atoms with E-state index in [1.165, 1.54) is 20.9 Å². The van der Waals surface area contributed by atoms with Gasteiger partial charge in [-0.05, 0) is 43.7 Å². The van der Waals surface area contributed by atoms with E-state index in [2.05, 4.69) is 31.6 Å². The number of nitrogens with one attached hydrogen (secondary N) is 6. The van der Waals surface area contributed by atoms with Crippen LogP contribution < -0.4 is 32.3 Å². The maximum atomic E-state index is 14.2. The van der Waals surface area contributed by atoms with Gasteiger partial charge >= 0.3 is 5.97 Å². The summed E-state index contributed by atoms with van der Waals surface area (Å²) in [5.41, 5.74) is 6.68. The largest absolute Gasteiger partial charge is 0.480 e. The molecular formula is C38H58N8O11. The predicted octanol–water partition coefficient (Wildman–Crippen LogP) is -1.20. The number of nitrogens with zero attached hydrogens (tertiary/aromatic N) is 1. The van der Waals surface area contributed by atoms with Gasteiger partial charge in [0.2, 0.25) is 41.4 Å². The highest BCUT2D eigenvalue weighted by Crippen LogP contribution is 2.20. The van der Waals surface area contributed by atoms with Crippen molar-refractivity contribution in [2.45, 2.75) is 123 Å². The summed E-state index contributed by atoms with van der Waals surface area (Å²) in [4.78, 5) is 108. The highest BCUT2D eigenvalue weighted by atomic mass is 16.4. The number of carboxylic acids is 1. The van der Waals surface area contributed by atoms with E-state index in [4.69, 9.17) is 5.73 Å². The average molecular weight is 803 g/mol. The van der Waals surface area contributed by atoms with Crippen LogP contribution in [0.3, 0.4) is 0 Å². The van der Waals surface area contributed by atoms with Crippen LogP contribution in [0.2, 0.25) is 0 Å². The van der Waals surface area contributed by atoms with E-state index in [1.807, 2.05) is 12.1 Å². The van der Waals surface area contributed by atoms with Crippen molar-refractivity contribution in [1.82, 2.24) is 36.5 Å². The van der Waals surface area contributed by atoms with Crippen molar-refractivity contribution < 1.29 is 53.7 Å². The summed E-state index contributed by atoms with van der Waals surface area (Å²) in [7, 11) is 1.22. The van der Waals surface area contributed by atoms with Gasteiger partial charge in [-0.1, -0.05) is 52.3 Å². The Morgan fingerprint density at radius 2 is 1.35 bits per heavy atom. The first-order valence-corrected chi connectivity index (χ1v) is 18.8. The normalized spacial score (nSPS) is 16.1. The summed E-state index contributed by atoms with van der Waals surface area (Å²) >= 11 is 0. The molecule has 0 spiro atoms. The number of nitrogens with two attached hydrogens (primary N) is 1. The number of primary amides is 1. The van der Waals surface area contributed by atoms with Gasteiger partial charge in [-0.25, -0.2) is 4.79 Å². The molecule has 0 radical (unpaired) electrons. The lowest BCUT2D eigenvalue weighted by Gasteiger charge is -2.35. The number of carboxylic acid groups (broad SMARTS) is 1. The fourth-order valence-electron chi connectivity index (χ4n) is 6.21. The SMILES string of the molecule is CC[C@H](C)[C@H](NC(=O)[C@H](CCC(N)=O)NC(=O)[C@@H](NC(C)=O)[C@H](C)O)C(=O)N(C)[C@H](C(=O)N[C@@H](Cc1c[nH]c2ccccc12)C(=O)N[C@H](C(=O)O)C(C)C)[C@H](C)O. The third-order valence-electron chi connectivity index (χ3n) is 9.67. The van der Waals surface area contributed by atoms with Gasteiger partial charge in [0.25, 0.3) is 0 Å². The number of benzene rings is 1. The number of carbonyl (C=O) groups excluding carboxylic acids is 7. The van der Waals surface area contributed by atoms with E-state index in [0.29, 0.717) is 12.0 Å². The molecule has 2 aromatic rings. The Kier molecular flexibility index (Phi) is 18.1. The van der Waals surface area contributed by atoms with Gasteiger partial charge < -0.3 is 57.5 Å². The molecule has 19 nitrogen and oxygen atoms in total. The lowest BCUT2D eigenvalue weighted by molar-refractivity contribution is -0.147. The molecule has 0 saturated carbocycles. The number of aliphatic carboxylic acids is 1. The van der Waals surface area contributed by atoms with Gasteiger partial charge in [0.1, 0.15) is 36.3 Å². The number of carbonyl (C=O) groups is 8. The molecular weight excluding hydrogens is 744 g/mol. The number of fused-ring (bicyclic) bond motifs is 1. The summed E-state index contributed by atoms with van der Waals surface area (Å²) in [5.74, 6) is -8.31. The first kappa shape index (κ1) is 47.6. The summed E-state index contributed by atoms with van der Waals surface area (Å²) in [6, 6.07) is -1.37. The third kappa shape index (κ3) is 13.6. The highest BCUT2D eigenvalue weighted by molar-refractivity contribution is 5.97. The smallest absolute Gasteiger partial charge is 0.326 e. The van der Waals surface area contributed by atoms with Crippen molar-refractivity contribution in [2.24, 2.45) is 17.6 Å². The number of likely N-dealkylation sites (N-methyl/N-ethyl adjacent to an activating group) is 1. The molecule has 1 heterocycles. The zero-order chi connectivity index (χ0) is 43.3. The Bertz CT molecular complexity index is 1760. The summed E-state index contributed by atoms with van der Waals surface area (Å²) in [6.07, 6.45) is -1.69. The maximum Gasteiger partial charge on any atom is 0.326 e. The van der Waals surface area contributed by atoms with Crippen LogP contribution in [-0.2, 0) is 44.8 Å². The Morgan fingerprint density at radius 3 is 1.88 bits per heavy atom. The molecule has 0 aliphatic carbocycles. The Morgan fingerprint density at radius 1 is 0.772 bits per heavy atom. The number of hydrogen-bond donors (Lipinski definition) is 10. The fraction of sp³-hybridized carbons (Fsp3) is 0.579. The van der Waals surface area contributed by atoms with Crippen molar-refractivity contribution in [3.8, 4) is 0 Å². The molecule has 0 saturated heterocycles. The number of aliphatic hydroxyl groups is 2. The van der Waals surface area contributed by atoms with Crippen LogP contribution in [0, 0.1) is 11.8 Å². The number of aromatic amines is 1. The number of amides is 7. The molecule has 7 amide bonds. The number of H-pyrrole nitrogens is 1. The van der Waals surface area contributed by atoms with Crippen LogP contribution in [0.15, 0.2) is 30.5 Å². The minimum atomic E-state index is -1.63. The number of para-hydroxylation sites is 1. The van der Waals surface area contributed by atoms with Crippen molar-refractivity contribution in [3.05, 3.63) is 36.0 Å². The lowest BCUT2D eigenvalue weighted by atomic mass is 9.95. The molecule has 2 rings (SSSR count). The standard InChI is InChI=1S/C38H58N8O11/c1-9-19(4)30(45-33(51)26(14-15-28(39)50)42-35(53)31(20(5)47)41-22(7)49)37(55)46(8)32(21(6)48)36(54)43-27(34(52)44-29(18(2)3)38(56)57)16-23-17-40-25-13-11-10-12-24(23)25/h10-13,17-21,26-27,29-32,40,47-48H,9,14-16H2,1-8H3,(H2,39,50)(H,41,49)(H,42,53)(H,43,54)(H,44,52)(H,45,51)(H,56,57)/t19-,20-,21-,26-,27-,29-,30-,31-,32-/m0/s1. The predicted molar refractivity (Wildman–Crippen MR) is 208 cm³/mol. The second kappa shape index (κ2) is 21.7. The lowest BCUT2D eigenvalue weighted by Crippen LogP contribution is -2.63. The van der Waals surface area contributed by atoms with E-state index >= 15 is 0 Å². The minimum Gasteiger partial charge on any atom is -0.480 e. The Labute approximate surface area is 331 Å². The Balaban J connectivity index is 2.46. The molecule has 0 aliphatic heterocycles. The average Bonchev–Trinajstić information content (AvgIpc) is 3.54. The number of rotatable bonds is 22. The van der Waals surface area contributed by atoms with Crippen LogP contribution in [0.1, 0.15) is 73.3 Å². The monoisotopic (exact) mass is 802 g/mol. The van der Waals surface area contributed by atoms with E-state index in [1.54, 1.807) is 46.0 Å². The van der Waals surface area contributed by atoms with Gasteiger partial charge in [-0.2, -0.15) is 0 Å². The van der Waals surface area contributed by atoms with Crippen LogP contribution >= 0.6 is 0 Å². The molecule has 0 unspecified atom stereocenters. The molecule has 11 N–H and O–H groups in total. The van der Waals surface area contributed by atoms with Gasteiger partial charge in [0.05, 0.1) is 12.2 Å². The van der Waals surface area contributed by atoms with E-state index < -0.39 is 108 Å². The maximum absolute atomic E-state index is 14.2. The van der Waals surface area contributed by atoms with Crippen molar-refractivity contribution in [3.63, 3.8) is 0 Å². The van der Waals surface area contributed by atoms with Crippen molar-refractivity contribution >= 4 is 58.2 Å². The first-order chi connectivity index (χ1) is 26.6. The quantitative estimate of drug-likeness (QED) is 0.0674. The molecule has 316 valence electrons. The van der Waals surface area contributed by atoms with E-state index in [-0.39, 0.29) is 19.3 Å². The van der Waals surface area contributed by atoms with Crippen LogP contribution in [0.25, 0.3) is 10.9 Å². The molecule has 1 aromatic carbocycles. The molecule has 9 atom stereocenters. The van der Waals surface area contributed by atoms with Gasteiger partial charge in [0.15, 0.2) is 0 Å². The molecule has 57 heavy (non-hydrogen) atoms. The number of hydrogen-bond acceptors (Lipinski definition) is 10. The third-order valence-corrected chi connectivity index (χ3v) is 9.67. The van der Waals surface area contributed by atoms with Crippen LogP contribution in [0.4, 0.5) is 0 Å². The molecule has 0 fully saturated rings. The molecule has 0 bridgehead atoms. The minimum absolute atomic E-state index is 0.0992. The summed E-state index contributed by atoms with van der Waals surface area (Å²) in [5, 5.41) is 43.9. The zero-order valence-electron chi connectivity index (χ0n) is 33.6. The second-order valence-electron chi connectivity index (χ2n) is 14.7. The van der Waals surface area contributed by atoms with E-state index in [0.717, 1.165) is 22.7 Å². The van der Waals surface area contributed by atoms with Gasteiger partial charge in [-0.3, -0.25) is 33.6 Å². The van der Waals surface area contributed by atoms with E-state index in [9.17, 15) is 53.7 Å².